The quantitative estimate of drug-likeness (QED) is 0.135. The Balaban J connectivity index is 0.000000348. The van der Waals surface area contributed by atoms with Crippen LogP contribution in [0.4, 0.5) is 0 Å². The van der Waals surface area contributed by atoms with Crippen LogP contribution in [0, 0.1) is 6.08 Å². The second-order valence-corrected chi connectivity index (χ2v) is 16.6. The predicted molar refractivity (Wildman–Crippen MR) is 200 cm³/mol. The second kappa shape index (κ2) is 18.0. The third-order valence-electron chi connectivity index (χ3n) is 9.06. The summed E-state index contributed by atoms with van der Waals surface area (Å²) in [6.07, 6.45) is 18.8. The molecule has 3 heteroatoms. The van der Waals surface area contributed by atoms with E-state index >= 15 is 0 Å². The number of rotatable bonds is 2. The molecule has 0 atom stereocenters. The molecule has 5 aromatic carbocycles. The summed E-state index contributed by atoms with van der Waals surface area (Å²) in [5.41, 5.74) is 8.16. The van der Waals surface area contributed by atoms with Crippen LogP contribution >= 0.6 is 0 Å². The second-order valence-electron chi connectivity index (χ2n) is 14.9. The zero-order chi connectivity index (χ0) is 32.7. The van der Waals surface area contributed by atoms with E-state index in [2.05, 4.69) is 145 Å². The molecule has 0 spiro atoms. The normalized spacial score (nSPS) is 14.3. The van der Waals surface area contributed by atoms with E-state index in [9.17, 15) is 0 Å². The molecule has 48 heavy (non-hydrogen) atoms. The van der Waals surface area contributed by atoms with Gasteiger partial charge >= 0.3 is 66.0 Å². The van der Waals surface area contributed by atoms with Crippen molar-refractivity contribution in [1.29, 1.82) is 0 Å². The summed E-state index contributed by atoms with van der Waals surface area (Å²) in [5.74, 6) is 0. The maximum absolute atomic E-state index is 2.99. The van der Waals surface area contributed by atoms with Gasteiger partial charge in [0, 0.05) is 0 Å². The summed E-state index contributed by atoms with van der Waals surface area (Å²) < 4.78 is 1.81. The maximum atomic E-state index is 2.99. The molecule has 0 heterocycles. The van der Waals surface area contributed by atoms with E-state index in [1.165, 1.54) is 93.5 Å². The molecular formula is C45H50Cl2Zr-2. The van der Waals surface area contributed by atoms with Gasteiger partial charge in [-0.25, -0.2) is 12.2 Å². The number of hydrogen-bond donors (Lipinski definition) is 0. The summed E-state index contributed by atoms with van der Waals surface area (Å²) in [6, 6.07) is 33.7. The van der Waals surface area contributed by atoms with Gasteiger partial charge in [-0.2, -0.15) is 6.08 Å². The van der Waals surface area contributed by atoms with Crippen LogP contribution in [0.3, 0.4) is 0 Å². The van der Waals surface area contributed by atoms with Crippen molar-refractivity contribution in [3.05, 3.63) is 126 Å². The summed E-state index contributed by atoms with van der Waals surface area (Å²) in [5, 5.41) is 5.36. The summed E-state index contributed by atoms with van der Waals surface area (Å²) >= 11 is 1.69. The van der Waals surface area contributed by atoms with Crippen molar-refractivity contribution in [2.45, 2.75) is 97.3 Å². The van der Waals surface area contributed by atoms with Gasteiger partial charge in [-0.1, -0.05) is 114 Å². The standard InChI is InChI=1S/C33H33.C7H12.C5H5.2ClH.Zr/c1-32(2,3)30-20-26-24(18-28(30)22-13-9-7-10-14-22)17-25-19-29(23-15-11-8-12-16-23)31(21-27(25)26)33(4,5)6;1-2-4-6-7-5-3-1;1-2-4-5-3-1;;;/h7-21H,1-6H3;1-6H2;1-3H,4H2;2*1H;/q-1;;-1;;;+2/p-2. The first-order chi connectivity index (χ1) is 22.0. The van der Waals surface area contributed by atoms with Crippen LogP contribution in [0.1, 0.15) is 97.6 Å². The first-order valence-electron chi connectivity index (χ1n) is 17.1. The molecule has 5 aromatic rings. The minimum absolute atomic E-state index is 0. The van der Waals surface area contributed by atoms with Crippen LogP contribution in [0.15, 0.2) is 109 Å². The van der Waals surface area contributed by atoms with E-state index in [4.69, 9.17) is 0 Å². The van der Waals surface area contributed by atoms with Crippen LogP contribution in [0.2, 0.25) is 0 Å². The Labute approximate surface area is 317 Å². The minimum atomic E-state index is 0. The third-order valence-corrected chi connectivity index (χ3v) is 10.3. The van der Waals surface area contributed by atoms with Crippen molar-refractivity contribution in [2.75, 3.05) is 0 Å². The fraction of sp³-hybridized carbons (Fsp3) is 0.333. The third kappa shape index (κ3) is 10.3. The Hall–Kier alpha value is -2.44. The number of fused-ring (bicyclic) bond motifs is 3. The van der Waals surface area contributed by atoms with Gasteiger partial charge in [0.2, 0.25) is 0 Å². The van der Waals surface area contributed by atoms with Crippen LogP contribution in [0.25, 0.3) is 43.8 Å². The Morgan fingerprint density at radius 2 is 1.04 bits per heavy atom. The van der Waals surface area contributed by atoms with Crippen molar-refractivity contribution in [2.24, 2.45) is 0 Å². The zero-order valence-corrected chi connectivity index (χ0v) is 33.6. The van der Waals surface area contributed by atoms with Gasteiger partial charge in [0.05, 0.1) is 0 Å². The van der Waals surface area contributed by atoms with E-state index in [0.29, 0.717) is 0 Å². The summed E-state index contributed by atoms with van der Waals surface area (Å²) in [6.45, 7) is 13.9. The molecule has 0 aliphatic heterocycles. The molecule has 1 saturated carbocycles. The average molecular weight is 753 g/mol. The van der Waals surface area contributed by atoms with Gasteiger partial charge in [0.15, 0.2) is 0 Å². The molecule has 0 unspecified atom stereocenters. The molecule has 0 saturated heterocycles. The van der Waals surface area contributed by atoms with Crippen molar-refractivity contribution in [3.8, 4) is 22.3 Å². The van der Waals surface area contributed by atoms with E-state index in [1.807, 2.05) is 15.4 Å². The van der Waals surface area contributed by atoms with E-state index < -0.39 is 0 Å². The van der Waals surface area contributed by atoms with Crippen LogP contribution in [-0.4, -0.2) is 3.21 Å². The zero-order valence-electron chi connectivity index (χ0n) is 29.6. The predicted octanol–water partition coefficient (Wildman–Crippen LogP) is 7.01. The van der Waals surface area contributed by atoms with E-state index in [1.54, 1.807) is 24.2 Å². The monoisotopic (exact) mass is 750 g/mol. The van der Waals surface area contributed by atoms with Crippen molar-refractivity contribution in [1.82, 2.24) is 0 Å². The molecule has 0 N–H and O–H groups in total. The Morgan fingerprint density at radius 1 is 0.604 bits per heavy atom. The van der Waals surface area contributed by atoms with Crippen molar-refractivity contribution < 1.29 is 49.0 Å². The topological polar surface area (TPSA) is 0 Å². The Kier molecular flexibility index (Phi) is 15.0. The average Bonchev–Trinajstić information content (AvgIpc) is 3.68. The van der Waals surface area contributed by atoms with E-state index in [0.717, 1.165) is 6.42 Å². The van der Waals surface area contributed by atoms with Gasteiger partial charge in [-0.15, -0.1) is 46.2 Å². The van der Waals surface area contributed by atoms with Gasteiger partial charge in [0.25, 0.3) is 0 Å². The Bertz CT molecular complexity index is 1700. The van der Waals surface area contributed by atoms with Gasteiger partial charge in [0.1, 0.15) is 0 Å². The first-order valence-corrected chi connectivity index (χ1v) is 18.4. The summed E-state index contributed by atoms with van der Waals surface area (Å²) in [7, 11) is 0. The molecule has 0 bridgehead atoms. The summed E-state index contributed by atoms with van der Waals surface area (Å²) in [4.78, 5) is 0. The molecule has 2 aliphatic rings. The Morgan fingerprint density at radius 3 is 1.38 bits per heavy atom. The molecule has 0 nitrogen and oxygen atoms in total. The first kappa shape index (κ1) is 40.0. The van der Waals surface area contributed by atoms with Crippen LogP contribution < -0.4 is 24.8 Å². The van der Waals surface area contributed by atoms with Crippen molar-refractivity contribution >= 4 is 24.8 Å². The van der Waals surface area contributed by atoms with Gasteiger partial charge < -0.3 is 24.8 Å². The molecule has 0 amide bonds. The molecule has 0 aromatic heterocycles. The molecule has 0 radical (unpaired) electrons. The fourth-order valence-electron chi connectivity index (χ4n) is 6.56. The van der Waals surface area contributed by atoms with Crippen LogP contribution in [0.5, 0.6) is 0 Å². The van der Waals surface area contributed by atoms with Crippen LogP contribution in [-0.2, 0) is 35.1 Å². The van der Waals surface area contributed by atoms with E-state index in [-0.39, 0.29) is 35.6 Å². The molecule has 7 rings (SSSR count). The molecule has 250 valence electrons. The number of halogens is 2. The molecular weight excluding hydrogens is 703 g/mol. The number of allylic oxidation sites excluding steroid dienone is 4. The van der Waals surface area contributed by atoms with Crippen molar-refractivity contribution in [3.63, 3.8) is 0 Å². The number of hydrogen-bond acceptors (Lipinski definition) is 0. The fourth-order valence-corrected chi connectivity index (χ4v) is 7.42. The molecule has 2 aliphatic carbocycles. The number of benzene rings is 4. The molecule has 1 fully saturated rings. The van der Waals surface area contributed by atoms with Gasteiger partial charge in [-0.3, -0.25) is 6.08 Å². The van der Waals surface area contributed by atoms with Gasteiger partial charge in [-0.05, 0) is 44.2 Å². The SMILES string of the molecule is CC(C)(C)c1cc2c(cc1-c1ccccc1)[cH-]c1cc(-c3ccccc3)c(C(C)(C)C)cc12.[C-]1=CC=CC1.[Cl-].[Cl-].[Zr+2]=[C]1CCCCCC1.